The molecule has 1 aromatic carbocycles. The van der Waals surface area contributed by atoms with Gasteiger partial charge in [-0.1, -0.05) is 24.3 Å². The summed E-state index contributed by atoms with van der Waals surface area (Å²) in [4.78, 5) is 3.91. The van der Waals surface area contributed by atoms with Crippen LogP contribution in [0.1, 0.15) is 5.56 Å². The van der Waals surface area contributed by atoms with E-state index in [0.717, 1.165) is 11.1 Å². The zero-order valence-electron chi connectivity index (χ0n) is 7.44. The standard InChI is InChI=1S/C12H7N2/c13-8-11-9-14-7-6-12(11)10-4-2-1-3-5-10/h2-7,9H. The highest BCUT2D eigenvalue weighted by atomic mass is 14.6. The molecule has 2 nitrogen and oxygen atoms in total. The maximum Gasteiger partial charge on any atom is 0.101 e. The Balaban J connectivity index is 2.58. The lowest BCUT2D eigenvalue weighted by Crippen LogP contribution is -1.84. The Labute approximate surface area is 82.5 Å². The first-order chi connectivity index (χ1) is 6.92. The van der Waals surface area contributed by atoms with Gasteiger partial charge in [-0.25, -0.2) is 0 Å². The van der Waals surface area contributed by atoms with Gasteiger partial charge in [0.15, 0.2) is 0 Å². The van der Waals surface area contributed by atoms with E-state index in [-0.39, 0.29) is 0 Å². The summed E-state index contributed by atoms with van der Waals surface area (Å²) >= 11 is 0. The fourth-order valence-electron chi connectivity index (χ4n) is 1.30. The maximum absolute atomic E-state index is 8.88. The molecule has 0 saturated heterocycles. The Morgan fingerprint density at radius 3 is 2.71 bits per heavy atom. The summed E-state index contributed by atoms with van der Waals surface area (Å²) in [5.74, 6) is 0. The monoisotopic (exact) mass is 179 g/mol. The van der Waals surface area contributed by atoms with Gasteiger partial charge in [0.2, 0.25) is 0 Å². The molecule has 1 heterocycles. The number of benzene rings is 1. The van der Waals surface area contributed by atoms with Crippen LogP contribution in [0.5, 0.6) is 0 Å². The predicted octanol–water partition coefficient (Wildman–Crippen LogP) is 2.42. The fraction of sp³-hybridized carbons (Fsp3) is 0. The Kier molecular flexibility index (Phi) is 2.24. The molecular weight excluding hydrogens is 172 g/mol. The number of aromatic nitrogens is 1. The molecule has 2 rings (SSSR count). The van der Waals surface area contributed by atoms with Gasteiger partial charge in [-0.15, -0.1) is 0 Å². The van der Waals surface area contributed by atoms with E-state index in [9.17, 15) is 0 Å². The average Bonchev–Trinajstić information content (AvgIpc) is 2.30. The third kappa shape index (κ3) is 1.48. The molecule has 0 bridgehead atoms. The normalized spacial score (nSPS) is 9.36. The van der Waals surface area contributed by atoms with Crippen LogP contribution in [-0.2, 0) is 0 Å². The van der Waals surface area contributed by atoms with Crippen LogP contribution in [0.2, 0.25) is 0 Å². The summed E-state index contributed by atoms with van der Waals surface area (Å²) in [6.07, 6.45) is 3.26. The van der Waals surface area contributed by atoms with Crippen LogP contribution in [0.25, 0.3) is 11.1 Å². The first kappa shape index (κ1) is 8.46. The second-order valence-corrected chi connectivity index (χ2v) is 2.82. The molecular formula is C12H7N2. The third-order valence-electron chi connectivity index (χ3n) is 1.97. The lowest BCUT2D eigenvalue weighted by Gasteiger charge is -2.01. The van der Waals surface area contributed by atoms with Gasteiger partial charge in [0.25, 0.3) is 0 Å². The topological polar surface area (TPSA) is 36.7 Å². The lowest BCUT2D eigenvalue weighted by atomic mass is 10.0. The number of pyridine rings is 1. The van der Waals surface area contributed by atoms with Crippen LogP contribution in [0.4, 0.5) is 0 Å². The molecule has 0 aliphatic carbocycles. The summed E-state index contributed by atoms with van der Waals surface area (Å²) < 4.78 is 0. The van der Waals surface area contributed by atoms with Gasteiger partial charge < -0.3 is 0 Å². The molecule has 0 amide bonds. The second-order valence-electron chi connectivity index (χ2n) is 2.82. The molecule has 0 aliphatic rings. The Morgan fingerprint density at radius 2 is 2.00 bits per heavy atom. The van der Waals surface area contributed by atoms with Gasteiger partial charge in [-0.3, -0.25) is 4.98 Å². The largest absolute Gasteiger partial charge is 0.263 e. The smallest absolute Gasteiger partial charge is 0.101 e. The van der Waals surface area contributed by atoms with Gasteiger partial charge in [0, 0.05) is 18.0 Å². The molecule has 2 heteroatoms. The number of hydrogen-bond donors (Lipinski definition) is 0. The molecule has 0 aliphatic heterocycles. The first-order valence-corrected chi connectivity index (χ1v) is 4.22. The van der Waals surface area contributed by atoms with Crippen molar-refractivity contribution >= 4 is 0 Å². The van der Waals surface area contributed by atoms with E-state index in [0.29, 0.717) is 5.56 Å². The maximum atomic E-state index is 8.88. The molecule has 0 fully saturated rings. The van der Waals surface area contributed by atoms with Crippen molar-refractivity contribution in [3.63, 3.8) is 0 Å². The summed E-state index contributed by atoms with van der Waals surface area (Å²) in [6, 6.07) is 14.4. The summed E-state index contributed by atoms with van der Waals surface area (Å²) in [5, 5.41) is 8.88. The molecule has 14 heavy (non-hydrogen) atoms. The van der Waals surface area contributed by atoms with Crippen molar-refractivity contribution in [1.29, 1.82) is 5.26 Å². The SMILES string of the molecule is N#Cc1cnccc1-c1cc[c]cc1. The van der Waals surface area contributed by atoms with Gasteiger partial charge in [0.1, 0.15) is 6.07 Å². The quantitative estimate of drug-likeness (QED) is 0.674. The van der Waals surface area contributed by atoms with E-state index in [1.165, 1.54) is 0 Å². The van der Waals surface area contributed by atoms with E-state index < -0.39 is 0 Å². The number of nitriles is 1. The Bertz CT molecular complexity index is 469. The van der Waals surface area contributed by atoms with E-state index in [1.807, 2.05) is 30.3 Å². The van der Waals surface area contributed by atoms with Gasteiger partial charge in [0.05, 0.1) is 5.56 Å². The van der Waals surface area contributed by atoms with Gasteiger partial charge in [-0.05, 0) is 17.7 Å². The Morgan fingerprint density at radius 1 is 1.21 bits per heavy atom. The molecule has 2 aromatic rings. The minimum Gasteiger partial charge on any atom is -0.263 e. The molecule has 65 valence electrons. The molecule has 0 saturated carbocycles. The van der Waals surface area contributed by atoms with Crippen molar-refractivity contribution in [2.24, 2.45) is 0 Å². The van der Waals surface area contributed by atoms with Crippen LogP contribution in [0.3, 0.4) is 0 Å². The van der Waals surface area contributed by atoms with E-state index in [2.05, 4.69) is 17.1 Å². The number of hydrogen-bond acceptors (Lipinski definition) is 2. The predicted molar refractivity (Wildman–Crippen MR) is 53.2 cm³/mol. The molecule has 1 radical (unpaired) electrons. The molecule has 1 aromatic heterocycles. The lowest BCUT2D eigenvalue weighted by molar-refractivity contribution is 1.30. The molecule has 0 spiro atoms. The van der Waals surface area contributed by atoms with Crippen molar-refractivity contribution in [3.8, 4) is 17.2 Å². The van der Waals surface area contributed by atoms with E-state index in [1.54, 1.807) is 12.4 Å². The summed E-state index contributed by atoms with van der Waals surface area (Å²) in [6.45, 7) is 0. The van der Waals surface area contributed by atoms with Crippen LogP contribution in [0, 0.1) is 17.4 Å². The Hall–Kier alpha value is -2.14. The van der Waals surface area contributed by atoms with Crippen molar-refractivity contribution in [2.45, 2.75) is 0 Å². The first-order valence-electron chi connectivity index (χ1n) is 4.22. The van der Waals surface area contributed by atoms with E-state index >= 15 is 0 Å². The minimum absolute atomic E-state index is 0.596. The fourth-order valence-corrected chi connectivity index (χ4v) is 1.30. The highest BCUT2D eigenvalue weighted by Crippen LogP contribution is 2.21. The van der Waals surface area contributed by atoms with Crippen LogP contribution < -0.4 is 0 Å². The molecule has 0 N–H and O–H groups in total. The highest BCUT2D eigenvalue weighted by Gasteiger charge is 2.02. The van der Waals surface area contributed by atoms with Crippen molar-refractivity contribution < 1.29 is 0 Å². The molecule has 0 atom stereocenters. The average molecular weight is 179 g/mol. The van der Waals surface area contributed by atoms with Crippen molar-refractivity contribution in [3.05, 3.63) is 54.4 Å². The van der Waals surface area contributed by atoms with E-state index in [4.69, 9.17) is 5.26 Å². The van der Waals surface area contributed by atoms with Crippen molar-refractivity contribution in [2.75, 3.05) is 0 Å². The zero-order chi connectivity index (χ0) is 9.80. The minimum atomic E-state index is 0.596. The third-order valence-corrected chi connectivity index (χ3v) is 1.97. The summed E-state index contributed by atoms with van der Waals surface area (Å²) in [7, 11) is 0. The van der Waals surface area contributed by atoms with Crippen LogP contribution in [0.15, 0.2) is 42.7 Å². The van der Waals surface area contributed by atoms with Gasteiger partial charge in [-0.2, -0.15) is 5.26 Å². The number of rotatable bonds is 1. The van der Waals surface area contributed by atoms with Gasteiger partial charge >= 0.3 is 0 Å². The second kappa shape index (κ2) is 3.71. The zero-order valence-corrected chi connectivity index (χ0v) is 7.44. The number of nitrogens with zero attached hydrogens (tertiary/aromatic N) is 2. The molecule has 0 unspecified atom stereocenters. The highest BCUT2D eigenvalue weighted by molar-refractivity contribution is 5.69. The summed E-state index contributed by atoms with van der Waals surface area (Å²) in [5.41, 5.74) is 2.53. The van der Waals surface area contributed by atoms with Crippen molar-refractivity contribution in [1.82, 2.24) is 4.98 Å². The van der Waals surface area contributed by atoms with Crippen LogP contribution in [-0.4, -0.2) is 4.98 Å². The van der Waals surface area contributed by atoms with Crippen LogP contribution >= 0.6 is 0 Å².